The van der Waals surface area contributed by atoms with Gasteiger partial charge >= 0.3 is 0 Å². The number of ether oxygens (including phenoxy) is 1. The lowest BCUT2D eigenvalue weighted by atomic mass is 10.1. The number of fused-ring (bicyclic) bond motifs is 2. The van der Waals surface area contributed by atoms with Crippen LogP contribution in [0, 0.1) is 0 Å². The standard InChI is InChI=1S/C21H21N9O/c1-13-11-31-8-7-29(13)20-16-9-25-30(17-10-22-12-28(17)2)21(16)27-19(26-20)15-4-6-24-18-14(15)3-5-23-18/h3-6,9-10,12-13H,7-8,11H2,1-2H3,(H,23,24)/t13-/m1/s1. The van der Waals surface area contributed by atoms with Crippen molar-refractivity contribution in [3.8, 4) is 17.2 Å². The number of nitrogens with one attached hydrogen (secondary N) is 1. The molecule has 1 atom stereocenters. The molecule has 10 nitrogen and oxygen atoms in total. The minimum atomic E-state index is 0.199. The van der Waals surface area contributed by atoms with Gasteiger partial charge in [-0.1, -0.05) is 0 Å². The van der Waals surface area contributed by atoms with Crippen molar-refractivity contribution in [2.24, 2.45) is 7.05 Å². The van der Waals surface area contributed by atoms with Crippen LogP contribution < -0.4 is 4.90 Å². The summed E-state index contributed by atoms with van der Waals surface area (Å²) in [4.78, 5) is 24.1. The number of pyridine rings is 1. The first kappa shape index (κ1) is 18.0. The molecule has 0 unspecified atom stereocenters. The summed E-state index contributed by atoms with van der Waals surface area (Å²) < 4.78 is 9.39. The molecule has 31 heavy (non-hydrogen) atoms. The molecule has 1 fully saturated rings. The van der Waals surface area contributed by atoms with E-state index >= 15 is 0 Å². The zero-order chi connectivity index (χ0) is 20.9. The molecule has 0 amide bonds. The number of hydrogen-bond donors (Lipinski definition) is 1. The molecule has 0 spiro atoms. The van der Waals surface area contributed by atoms with Crippen molar-refractivity contribution in [3.05, 3.63) is 43.2 Å². The monoisotopic (exact) mass is 415 g/mol. The van der Waals surface area contributed by atoms with Crippen molar-refractivity contribution in [1.29, 1.82) is 0 Å². The Labute approximate surface area is 177 Å². The van der Waals surface area contributed by atoms with Gasteiger partial charge in [0.05, 0.1) is 43.4 Å². The van der Waals surface area contributed by atoms with Crippen LogP contribution in [0.2, 0.25) is 0 Å². The van der Waals surface area contributed by atoms with Gasteiger partial charge in [0.15, 0.2) is 17.3 Å². The molecule has 0 aliphatic carbocycles. The van der Waals surface area contributed by atoms with E-state index < -0.39 is 0 Å². The van der Waals surface area contributed by atoms with Crippen molar-refractivity contribution in [2.75, 3.05) is 24.7 Å². The Balaban J connectivity index is 1.64. The van der Waals surface area contributed by atoms with Crippen LogP contribution in [-0.4, -0.2) is 65.1 Å². The Kier molecular flexibility index (Phi) is 4.00. The minimum absolute atomic E-state index is 0.199. The molecular formula is C21H21N9O. The topological polar surface area (TPSA) is 103 Å². The summed E-state index contributed by atoms with van der Waals surface area (Å²) in [6, 6.07) is 4.15. The van der Waals surface area contributed by atoms with Crippen molar-refractivity contribution in [1.82, 2.24) is 39.3 Å². The fourth-order valence-corrected chi connectivity index (χ4v) is 4.15. The molecule has 1 aliphatic rings. The van der Waals surface area contributed by atoms with Crippen LogP contribution in [0.5, 0.6) is 0 Å². The molecule has 6 heterocycles. The molecule has 5 aromatic rings. The quantitative estimate of drug-likeness (QED) is 0.482. The molecule has 5 aromatic heterocycles. The predicted octanol–water partition coefficient (Wildman–Crippen LogP) is 2.32. The Morgan fingerprint density at radius 3 is 2.94 bits per heavy atom. The molecule has 156 valence electrons. The van der Waals surface area contributed by atoms with E-state index in [0.717, 1.165) is 45.8 Å². The predicted molar refractivity (Wildman–Crippen MR) is 116 cm³/mol. The molecule has 0 radical (unpaired) electrons. The van der Waals surface area contributed by atoms with E-state index in [0.29, 0.717) is 19.0 Å². The summed E-state index contributed by atoms with van der Waals surface area (Å²) in [5, 5.41) is 6.53. The van der Waals surface area contributed by atoms with Crippen LogP contribution >= 0.6 is 0 Å². The Morgan fingerprint density at radius 2 is 2.10 bits per heavy atom. The maximum atomic E-state index is 5.66. The number of anilines is 1. The zero-order valence-corrected chi connectivity index (χ0v) is 17.2. The van der Waals surface area contributed by atoms with E-state index in [2.05, 4.69) is 31.9 Å². The van der Waals surface area contributed by atoms with E-state index in [9.17, 15) is 0 Å². The molecular weight excluding hydrogens is 394 g/mol. The normalized spacial score (nSPS) is 17.1. The summed E-state index contributed by atoms with van der Waals surface area (Å²) in [6.45, 7) is 4.24. The number of H-pyrrole nitrogens is 1. The third kappa shape index (κ3) is 2.79. The van der Waals surface area contributed by atoms with E-state index in [4.69, 9.17) is 14.7 Å². The molecule has 0 bridgehead atoms. The zero-order valence-electron chi connectivity index (χ0n) is 17.2. The Bertz CT molecular complexity index is 1400. The Morgan fingerprint density at radius 1 is 1.16 bits per heavy atom. The molecule has 10 heteroatoms. The van der Waals surface area contributed by atoms with Gasteiger partial charge in [0.2, 0.25) is 0 Å². The number of imidazole rings is 1. The van der Waals surface area contributed by atoms with Gasteiger partial charge in [-0.25, -0.2) is 19.9 Å². The van der Waals surface area contributed by atoms with Crippen molar-refractivity contribution in [3.63, 3.8) is 0 Å². The van der Waals surface area contributed by atoms with Crippen LogP contribution in [0.15, 0.2) is 43.2 Å². The largest absolute Gasteiger partial charge is 0.377 e. The van der Waals surface area contributed by atoms with E-state index in [1.807, 2.05) is 40.8 Å². The van der Waals surface area contributed by atoms with Crippen LogP contribution in [-0.2, 0) is 11.8 Å². The molecule has 0 saturated carbocycles. The van der Waals surface area contributed by atoms with Gasteiger partial charge < -0.3 is 19.2 Å². The summed E-state index contributed by atoms with van der Waals surface area (Å²) in [5.74, 6) is 2.34. The first-order chi connectivity index (χ1) is 15.2. The number of hydrogen-bond acceptors (Lipinski definition) is 7. The van der Waals surface area contributed by atoms with E-state index in [-0.39, 0.29) is 6.04 Å². The second-order valence-electron chi connectivity index (χ2n) is 7.74. The second kappa shape index (κ2) is 6.88. The van der Waals surface area contributed by atoms with E-state index in [1.54, 1.807) is 18.7 Å². The van der Waals surface area contributed by atoms with Gasteiger partial charge in [-0.2, -0.15) is 9.78 Å². The lowest BCUT2D eigenvalue weighted by Crippen LogP contribution is -2.44. The number of aryl methyl sites for hydroxylation is 1. The molecule has 6 rings (SSSR count). The van der Waals surface area contributed by atoms with Gasteiger partial charge in [0, 0.05) is 36.9 Å². The van der Waals surface area contributed by atoms with Crippen LogP contribution in [0.3, 0.4) is 0 Å². The van der Waals surface area contributed by atoms with Gasteiger partial charge in [-0.3, -0.25) is 0 Å². The van der Waals surface area contributed by atoms with Gasteiger partial charge in [0.1, 0.15) is 11.5 Å². The number of nitrogens with zero attached hydrogens (tertiary/aromatic N) is 8. The van der Waals surface area contributed by atoms with Gasteiger partial charge in [-0.15, -0.1) is 0 Å². The lowest BCUT2D eigenvalue weighted by molar-refractivity contribution is 0.0987. The minimum Gasteiger partial charge on any atom is -0.377 e. The molecule has 0 aromatic carbocycles. The molecule has 1 saturated heterocycles. The summed E-state index contributed by atoms with van der Waals surface area (Å²) in [5.41, 5.74) is 2.47. The van der Waals surface area contributed by atoms with Crippen LogP contribution in [0.25, 0.3) is 39.3 Å². The first-order valence-electron chi connectivity index (χ1n) is 10.2. The third-order valence-electron chi connectivity index (χ3n) is 5.76. The fraction of sp³-hybridized carbons (Fsp3) is 0.286. The van der Waals surface area contributed by atoms with Crippen LogP contribution in [0.4, 0.5) is 5.82 Å². The van der Waals surface area contributed by atoms with E-state index in [1.165, 1.54) is 0 Å². The highest BCUT2D eigenvalue weighted by molar-refractivity contribution is 5.94. The smallest absolute Gasteiger partial charge is 0.170 e. The van der Waals surface area contributed by atoms with Crippen molar-refractivity contribution >= 4 is 27.9 Å². The SMILES string of the molecule is C[C@@H]1COCCN1c1nc(-c2ccnc3[nH]ccc23)nc2c1cnn2-c1cncn1C. The molecule has 1 aliphatic heterocycles. The highest BCUT2D eigenvalue weighted by Crippen LogP contribution is 2.32. The number of rotatable bonds is 3. The average molecular weight is 415 g/mol. The third-order valence-corrected chi connectivity index (χ3v) is 5.76. The highest BCUT2D eigenvalue weighted by atomic mass is 16.5. The lowest BCUT2D eigenvalue weighted by Gasteiger charge is -2.34. The number of morpholine rings is 1. The van der Waals surface area contributed by atoms with Crippen molar-refractivity contribution in [2.45, 2.75) is 13.0 Å². The highest BCUT2D eigenvalue weighted by Gasteiger charge is 2.26. The van der Waals surface area contributed by atoms with Gasteiger partial charge in [0.25, 0.3) is 0 Å². The molecule has 1 N–H and O–H groups in total. The summed E-state index contributed by atoms with van der Waals surface area (Å²) >= 11 is 0. The number of aromatic nitrogens is 8. The van der Waals surface area contributed by atoms with Crippen molar-refractivity contribution < 1.29 is 4.74 Å². The second-order valence-corrected chi connectivity index (χ2v) is 7.74. The van der Waals surface area contributed by atoms with Crippen LogP contribution in [0.1, 0.15) is 6.92 Å². The van der Waals surface area contributed by atoms with Gasteiger partial charge in [-0.05, 0) is 19.1 Å². The Hall–Kier alpha value is -3.79. The maximum absolute atomic E-state index is 5.66. The maximum Gasteiger partial charge on any atom is 0.170 e. The average Bonchev–Trinajstić information content (AvgIpc) is 3.52. The number of aromatic amines is 1. The fourth-order valence-electron chi connectivity index (χ4n) is 4.15. The summed E-state index contributed by atoms with van der Waals surface area (Å²) in [7, 11) is 1.94. The first-order valence-corrected chi connectivity index (χ1v) is 10.2. The summed E-state index contributed by atoms with van der Waals surface area (Å²) in [6.07, 6.45) is 9.02.